The molecule has 0 fully saturated rings. The van der Waals surface area contributed by atoms with Crippen LogP contribution in [0.4, 0.5) is 0 Å². The second-order valence-corrected chi connectivity index (χ2v) is 3.56. The van der Waals surface area contributed by atoms with Crippen molar-refractivity contribution in [3.05, 3.63) is 43.6 Å². The third-order valence-corrected chi connectivity index (χ3v) is 2.04. The van der Waals surface area contributed by atoms with Crippen molar-refractivity contribution in [2.75, 3.05) is 0 Å². The minimum atomic E-state index is 1.14. The summed E-state index contributed by atoms with van der Waals surface area (Å²) in [7, 11) is 0. The fourth-order valence-corrected chi connectivity index (χ4v) is 1.17. The van der Waals surface area contributed by atoms with Crippen LogP contribution in [0.2, 0.25) is 0 Å². The maximum atomic E-state index is 2.15. The Labute approximate surface area is 82.3 Å². The van der Waals surface area contributed by atoms with Gasteiger partial charge in [0.2, 0.25) is 0 Å². The fourth-order valence-electron chi connectivity index (χ4n) is 0.566. The van der Waals surface area contributed by atoms with Gasteiger partial charge >= 0.3 is 83.3 Å². The van der Waals surface area contributed by atoms with Gasteiger partial charge in [0.15, 0.2) is 0 Å². The molecule has 0 heterocycles. The Morgan fingerprint density at radius 1 is 0.889 bits per heavy atom. The van der Waals surface area contributed by atoms with Gasteiger partial charge in [0.05, 0.1) is 0 Å². The average Bonchev–Trinajstić information content (AvgIpc) is 1.79. The van der Waals surface area contributed by atoms with Gasteiger partial charge in [-0.2, -0.15) is 0 Å². The van der Waals surface area contributed by atoms with Crippen molar-refractivity contribution < 1.29 is 39.6 Å². The van der Waals surface area contributed by atoms with Crippen LogP contribution in [0.1, 0.15) is 0 Å². The number of allylic oxidation sites excluding steroid dienone is 8. The van der Waals surface area contributed by atoms with Crippen molar-refractivity contribution in [3.8, 4) is 0 Å². The molecule has 0 atom stereocenters. The van der Waals surface area contributed by atoms with Crippen molar-refractivity contribution >= 4 is 0 Å². The molecular formula is C8H7Ce. The number of hydrogen-bond acceptors (Lipinski definition) is 0. The maximum absolute atomic E-state index is 2.15. The number of hydrogen-bond donors (Lipinski definition) is 0. The molecule has 0 amide bonds. The quantitative estimate of drug-likeness (QED) is 0.611. The number of rotatable bonds is 0. The van der Waals surface area contributed by atoms with E-state index >= 15 is 0 Å². The molecule has 1 rings (SSSR count). The molecule has 0 unspecified atom stereocenters. The predicted molar refractivity (Wildman–Crippen MR) is 35.5 cm³/mol. The zero-order valence-corrected chi connectivity index (χ0v) is 8.18. The van der Waals surface area contributed by atoms with Gasteiger partial charge in [-0.25, -0.2) is 0 Å². The molecule has 0 aliphatic heterocycles. The van der Waals surface area contributed by atoms with E-state index in [1.807, 2.05) is 18.2 Å². The van der Waals surface area contributed by atoms with Crippen LogP contribution < -0.4 is 0 Å². The second-order valence-electron chi connectivity index (χ2n) is 1.75. The monoisotopic (exact) mass is 243 g/mol. The van der Waals surface area contributed by atoms with Crippen LogP contribution in [-0.4, -0.2) is 0 Å². The molecule has 0 aromatic heterocycles. The zero-order valence-electron chi connectivity index (χ0n) is 5.04. The molecule has 1 aliphatic rings. The van der Waals surface area contributed by atoms with Gasteiger partial charge in [0.25, 0.3) is 0 Å². The Morgan fingerprint density at radius 2 is 1.56 bits per heavy atom. The van der Waals surface area contributed by atoms with Crippen molar-refractivity contribution in [3.63, 3.8) is 0 Å². The zero-order chi connectivity index (χ0) is 6.53. The van der Waals surface area contributed by atoms with E-state index < -0.39 is 0 Å². The standard InChI is InChI=1S/C8H7.Ce/c1-2-4-6-8-7-5-3-1;/h1-7H;. The molecule has 1 aliphatic carbocycles. The van der Waals surface area contributed by atoms with Crippen LogP contribution in [0.25, 0.3) is 0 Å². The van der Waals surface area contributed by atoms with Crippen molar-refractivity contribution in [2.24, 2.45) is 0 Å². The van der Waals surface area contributed by atoms with Crippen LogP contribution >= 0.6 is 0 Å². The van der Waals surface area contributed by atoms with E-state index in [-0.39, 0.29) is 0 Å². The summed E-state index contributed by atoms with van der Waals surface area (Å²) in [5.74, 6) is 0. The van der Waals surface area contributed by atoms with E-state index in [9.17, 15) is 0 Å². The fraction of sp³-hybridized carbons (Fsp3) is 0. The van der Waals surface area contributed by atoms with Gasteiger partial charge in [-0.15, -0.1) is 0 Å². The molecule has 1 heteroatoms. The Morgan fingerprint density at radius 3 is 2.44 bits per heavy atom. The first-order chi connectivity index (χ1) is 4.39. The molecule has 43 valence electrons. The summed E-state index contributed by atoms with van der Waals surface area (Å²) >= 11 is 1.14. The summed E-state index contributed by atoms with van der Waals surface area (Å²) in [4.78, 5) is 0. The van der Waals surface area contributed by atoms with E-state index in [4.69, 9.17) is 0 Å². The van der Waals surface area contributed by atoms with E-state index in [1.165, 1.54) is 1.09 Å². The second kappa shape index (κ2) is 4.20. The molecule has 0 saturated carbocycles. The minimum absolute atomic E-state index is 1.14. The molecule has 0 nitrogen and oxygen atoms in total. The third-order valence-electron chi connectivity index (χ3n) is 0.996. The molecule has 0 radical (unpaired) electrons. The molecule has 0 bridgehead atoms. The first-order valence-corrected chi connectivity index (χ1v) is 4.40. The van der Waals surface area contributed by atoms with Crippen LogP contribution in [-0.2, 0) is 0 Å². The van der Waals surface area contributed by atoms with Gasteiger partial charge in [0.1, 0.15) is 0 Å². The normalized spacial score (nSPS) is 16.6. The Bertz CT molecular complexity index is 195. The van der Waals surface area contributed by atoms with Crippen LogP contribution in [0.15, 0.2) is 43.6 Å². The molecule has 0 aromatic carbocycles. The van der Waals surface area contributed by atoms with E-state index in [1.54, 1.807) is 0 Å². The Kier molecular flexibility index (Phi) is 3.47. The summed E-state index contributed by atoms with van der Waals surface area (Å²) < 4.78 is 1.43. The summed E-state index contributed by atoms with van der Waals surface area (Å²) in [5.41, 5.74) is 0. The summed E-state index contributed by atoms with van der Waals surface area (Å²) in [6.07, 6.45) is 14.5. The van der Waals surface area contributed by atoms with Gasteiger partial charge in [-0.05, 0) is 0 Å². The van der Waals surface area contributed by atoms with E-state index in [0.717, 1.165) is 39.6 Å². The Hall–Kier alpha value is 0.337. The van der Waals surface area contributed by atoms with Gasteiger partial charge < -0.3 is 0 Å². The van der Waals surface area contributed by atoms with Gasteiger partial charge in [0, 0.05) is 0 Å². The average molecular weight is 243 g/mol. The van der Waals surface area contributed by atoms with Crippen molar-refractivity contribution in [1.29, 1.82) is 0 Å². The first-order valence-electron chi connectivity index (χ1n) is 2.83. The van der Waals surface area contributed by atoms with Crippen LogP contribution in [0.5, 0.6) is 0 Å². The third kappa shape index (κ3) is 3.13. The predicted octanol–water partition coefficient (Wildman–Crippen LogP) is 2.10. The first kappa shape index (κ1) is 7.44. The molecular weight excluding hydrogens is 236 g/mol. The van der Waals surface area contributed by atoms with E-state index in [0.29, 0.717) is 0 Å². The molecule has 0 saturated heterocycles. The summed E-state index contributed by atoms with van der Waals surface area (Å²) in [6, 6.07) is 0. The van der Waals surface area contributed by atoms with Crippen molar-refractivity contribution in [2.45, 2.75) is 0 Å². The Balaban J connectivity index is 2.77. The van der Waals surface area contributed by atoms with Gasteiger partial charge in [-0.3, -0.25) is 0 Å². The molecule has 0 N–H and O–H groups in total. The van der Waals surface area contributed by atoms with Crippen LogP contribution in [0.3, 0.4) is 0 Å². The van der Waals surface area contributed by atoms with Crippen LogP contribution in [0, 0.1) is 39.6 Å². The molecule has 9 heavy (non-hydrogen) atoms. The summed E-state index contributed by atoms with van der Waals surface area (Å²) in [5, 5.41) is 0. The summed E-state index contributed by atoms with van der Waals surface area (Å²) in [6.45, 7) is 0. The molecule has 0 aromatic rings. The van der Waals surface area contributed by atoms with E-state index in [2.05, 4.69) is 24.3 Å². The topological polar surface area (TPSA) is 0 Å². The SMILES string of the molecule is [Ce][C]1=CC=CC=CC=C1. The molecule has 0 spiro atoms. The van der Waals surface area contributed by atoms with Gasteiger partial charge in [-0.1, -0.05) is 0 Å². The van der Waals surface area contributed by atoms with Crippen molar-refractivity contribution in [1.82, 2.24) is 0 Å².